The van der Waals surface area contributed by atoms with Crippen molar-refractivity contribution in [3.63, 3.8) is 0 Å². The second kappa shape index (κ2) is 8.22. The number of methoxy groups -OCH3 is 1. The molecule has 27 heavy (non-hydrogen) atoms. The number of carbonyl (C=O) groups excluding carboxylic acids is 1. The summed E-state index contributed by atoms with van der Waals surface area (Å²) in [6.45, 7) is 3.72. The van der Waals surface area contributed by atoms with Crippen molar-refractivity contribution in [2.45, 2.75) is 24.1 Å². The number of ether oxygens (including phenoxy) is 1. The third-order valence-electron chi connectivity index (χ3n) is 4.28. The molecule has 1 atom stereocenters. The van der Waals surface area contributed by atoms with Gasteiger partial charge in [-0.05, 0) is 30.5 Å². The minimum Gasteiger partial charge on any atom is -0.465 e. The molecule has 0 aliphatic heterocycles. The Balaban J connectivity index is 2.15. The van der Waals surface area contributed by atoms with Crippen LogP contribution >= 0.6 is 11.8 Å². The number of benzene rings is 2. The maximum absolute atomic E-state index is 12.3. The molecular weight excluding hydrogens is 360 g/mol. The minimum atomic E-state index is -0.518. The second-order valence-electron chi connectivity index (χ2n) is 6.10. The highest BCUT2D eigenvalue weighted by molar-refractivity contribution is 7.99. The predicted octanol–water partition coefficient (Wildman–Crippen LogP) is 4.06. The topological polar surface area (TPSA) is 72.0 Å². The fourth-order valence-corrected chi connectivity index (χ4v) is 4.32. The summed E-state index contributed by atoms with van der Waals surface area (Å²) in [6, 6.07) is 18.0. The molecule has 0 saturated heterocycles. The van der Waals surface area contributed by atoms with Crippen LogP contribution in [0.25, 0.3) is 0 Å². The summed E-state index contributed by atoms with van der Waals surface area (Å²) in [6.07, 6.45) is 0. The van der Waals surface area contributed by atoms with E-state index in [0.29, 0.717) is 10.7 Å². The second-order valence-corrected chi connectivity index (χ2v) is 7.20. The van der Waals surface area contributed by atoms with Crippen LogP contribution in [0.2, 0.25) is 0 Å². The number of nitrogens with zero attached hydrogens (tertiary/aromatic N) is 1. The largest absolute Gasteiger partial charge is 0.465 e. The van der Waals surface area contributed by atoms with Gasteiger partial charge in [-0.25, -0.2) is 9.59 Å². The van der Waals surface area contributed by atoms with Crippen LogP contribution in [0.3, 0.4) is 0 Å². The number of nitrogens with one attached hydrogen (secondary N) is 1. The fraction of sp³-hybridized carbons (Fsp3) is 0.190. The molecule has 0 spiro atoms. The Labute approximate surface area is 161 Å². The van der Waals surface area contributed by atoms with Crippen molar-refractivity contribution in [2.24, 2.45) is 0 Å². The lowest BCUT2D eigenvalue weighted by atomic mass is 10.0. The predicted molar refractivity (Wildman–Crippen MR) is 106 cm³/mol. The summed E-state index contributed by atoms with van der Waals surface area (Å²) in [7, 11) is 1.32. The number of carbonyl (C=O) groups is 1. The molecule has 6 heteroatoms. The SMILES string of the molecule is COC(=O)c1c(S[C@H](c2ccccc2)c2ccccc2C)nc(=O)[nH]c1C. The zero-order chi connectivity index (χ0) is 19.4. The van der Waals surface area contributed by atoms with E-state index in [1.54, 1.807) is 6.92 Å². The average Bonchev–Trinajstić information content (AvgIpc) is 2.66. The summed E-state index contributed by atoms with van der Waals surface area (Å²) in [5, 5.41) is 0.240. The first-order valence-electron chi connectivity index (χ1n) is 8.47. The summed E-state index contributed by atoms with van der Waals surface area (Å²) in [5.74, 6) is -0.518. The summed E-state index contributed by atoms with van der Waals surface area (Å²) < 4.78 is 4.90. The molecule has 5 nitrogen and oxygen atoms in total. The number of aromatic amines is 1. The van der Waals surface area contributed by atoms with Crippen LogP contribution < -0.4 is 5.69 Å². The first kappa shape index (κ1) is 18.9. The zero-order valence-electron chi connectivity index (χ0n) is 15.4. The lowest BCUT2D eigenvalue weighted by Gasteiger charge is -2.20. The lowest BCUT2D eigenvalue weighted by molar-refractivity contribution is 0.0594. The fourth-order valence-electron chi connectivity index (χ4n) is 2.92. The first-order chi connectivity index (χ1) is 13.0. The highest BCUT2D eigenvalue weighted by Crippen LogP contribution is 2.42. The quantitative estimate of drug-likeness (QED) is 0.411. The Morgan fingerprint density at radius 3 is 2.41 bits per heavy atom. The van der Waals surface area contributed by atoms with E-state index in [1.165, 1.54) is 18.9 Å². The molecule has 1 aromatic heterocycles. The molecule has 3 rings (SSSR count). The number of esters is 1. The van der Waals surface area contributed by atoms with Gasteiger partial charge in [0.25, 0.3) is 0 Å². The van der Waals surface area contributed by atoms with Gasteiger partial charge in [0.05, 0.1) is 12.4 Å². The monoisotopic (exact) mass is 380 g/mol. The standard InChI is InChI=1S/C21H20N2O3S/c1-13-9-7-8-12-16(13)18(15-10-5-4-6-11-15)27-19-17(20(24)26-3)14(2)22-21(25)23-19/h4-12,18H,1-3H3,(H,22,23,25)/t18-/m1/s1. The number of aromatic nitrogens is 2. The van der Waals surface area contributed by atoms with Gasteiger partial charge in [0.2, 0.25) is 0 Å². The van der Waals surface area contributed by atoms with Crippen molar-refractivity contribution < 1.29 is 9.53 Å². The van der Waals surface area contributed by atoms with E-state index in [2.05, 4.69) is 16.0 Å². The van der Waals surface area contributed by atoms with Crippen LogP contribution in [-0.4, -0.2) is 23.0 Å². The van der Waals surface area contributed by atoms with E-state index in [0.717, 1.165) is 16.7 Å². The van der Waals surface area contributed by atoms with Crippen molar-refractivity contribution in [2.75, 3.05) is 7.11 Å². The Bertz CT molecular complexity index is 1020. The summed E-state index contributed by atoms with van der Waals surface area (Å²) in [5.41, 5.74) is 3.54. The molecule has 0 bridgehead atoms. The van der Waals surface area contributed by atoms with Gasteiger partial charge < -0.3 is 9.72 Å². The van der Waals surface area contributed by atoms with E-state index in [1.807, 2.05) is 55.5 Å². The highest BCUT2D eigenvalue weighted by atomic mass is 32.2. The average molecular weight is 380 g/mol. The molecule has 2 aromatic carbocycles. The van der Waals surface area contributed by atoms with Gasteiger partial charge in [-0.2, -0.15) is 4.98 Å². The van der Waals surface area contributed by atoms with Crippen LogP contribution in [0.5, 0.6) is 0 Å². The van der Waals surface area contributed by atoms with Gasteiger partial charge in [-0.3, -0.25) is 0 Å². The van der Waals surface area contributed by atoms with E-state index in [4.69, 9.17) is 4.74 Å². The molecule has 0 aliphatic carbocycles. The van der Waals surface area contributed by atoms with Gasteiger partial charge in [0.15, 0.2) is 0 Å². The third-order valence-corrected chi connectivity index (χ3v) is 5.56. The van der Waals surface area contributed by atoms with Gasteiger partial charge in [0, 0.05) is 5.69 Å². The highest BCUT2D eigenvalue weighted by Gasteiger charge is 2.24. The van der Waals surface area contributed by atoms with Crippen molar-refractivity contribution in [3.8, 4) is 0 Å². The number of hydrogen-bond donors (Lipinski definition) is 1. The smallest absolute Gasteiger partial charge is 0.346 e. The molecule has 1 heterocycles. The normalized spacial score (nSPS) is 11.8. The number of thioether (sulfide) groups is 1. The Morgan fingerprint density at radius 1 is 1.07 bits per heavy atom. The maximum atomic E-state index is 12.3. The number of hydrogen-bond acceptors (Lipinski definition) is 5. The molecule has 3 aromatic rings. The molecular formula is C21H20N2O3S. The molecule has 0 unspecified atom stereocenters. The van der Waals surface area contributed by atoms with Gasteiger partial charge in [0.1, 0.15) is 10.6 Å². The van der Waals surface area contributed by atoms with Crippen molar-refractivity contribution >= 4 is 17.7 Å². The van der Waals surface area contributed by atoms with Crippen molar-refractivity contribution in [1.29, 1.82) is 0 Å². The van der Waals surface area contributed by atoms with Crippen LogP contribution in [0, 0.1) is 13.8 Å². The number of H-pyrrole nitrogens is 1. The summed E-state index contributed by atoms with van der Waals surface area (Å²) in [4.78, 5) is 30.9. The molecule has 0 aliphatic rings. The third kappa shape index (κ3) is 4.11. The van der Waals surface area contributed by atoms with E-state index >= 15 is 0 Å². The number of aryl methyl sites for hydroxylation is 2. The molecule has 1 N–H and O–H groups in total. The maximum Gasteiger partial charge on any atom is 0.346 e. The minimum absolute atomic E-state index is 0.121. The van der Waals surface area contributed by atoms with Gasteiger partial charge in [-0.15, -0.1) is 0 Å². The zero-order valence-corrected chi connectivity index (χ0v) is 16.2. The van der Waals surface area contributed by atoms with Crippen molar-refractivity contribution in [1.82, 2.24) is 9.97 Å². The van der Waals surface area contributed by atoms with Gasteiger partial charge in [-0.1, -0.05) is 66.4 Å². The molecule has 0 radical (unpaired) electrons. The van der Waals surface area contributed by atoms with Gasteiger partial charge >= 0.3 is 11.7 Å². The Kier molecular flexibility index (Phi) is 5.76. The Morgan fingerprint density at radius 2 is 1.74 bits per heavy atom. The molecule has 138 valence electrons. The van der Waals surface area contributed by atoms with Crippen LogP contribution in [-0.2, 0) is 4.74 Å². The van der Waals surface area contributed by atoms with Crippen LogP contribution in [0.15, 0.2) is 64.4 Å². The molecule has 0 saturated carbocycles. The number of rotatable bonds is 5. The van der Waals surface area contributed by atoms with Crippen LogP contribution in [0.1, 0.15) is 38.0 Å². The van der Waals surface area contributed by atoms with E-state index < -0.39 is 11.7 Å². The molecule has 0 fully saturated rings. The first-order valence-corrected chi connectivity index (χ1v) is 9.35. The van der Waals surface area contributed by atoms with Crippen LogP contribution in [0.4, 0.5) is 0 Å². The van der Waals surface area contributed by atoms with Crippen molar-refractivity contribution in [3.05, 3.63) is 93.0 Å². The van der Waals surface area contributed by atoms with E-state index in [9.17, 15) is 9.59 Å². The van der Waals surface area contributed by atoms with E-state index in [-0.39, 0.29) is 10.8 Å². The Hall–Kier alpha value is -2.86. The summed E-state index contributed by atoms with van der Waals surface area (Å²) >= 11 is 1.38. The lowest BCUT2D eigenvalue weighted by Crippen LogP contribution is -2.19. The molecule has 0 amide bonds.